The summed E-state index contributed by atoms with van der Waals surface area (Å²) >= 11 is 0. The highest BCUT2D eigenvalue weighted by Crippen LogP contribution is 2.11. The van der Waals surface area contributed by atoms with E-state index < -0.39 is 5.97 Å². The van der Waals surface area contributed by atoms with Gasteiger partial charge in [-0.05, 0) is 6.92 Å². The normalized spacial score (nSPS) is 9.50. The molecule has 0 spiro atoms. The van der Waals surface area contributed by atoms with Gasteiger partial charge in [0, 0.05) is 6.20 Å². The van der Waals surface area contributed by atoms with Crippen LogP contribution >= 0.6 is 0 Å². The highest BCUT2D eigenvalue weighted by molar-refractivity contribution is 5.87. The number of methoxy groups -OCH3 is 1. The molecule has 0 aromatic carbocycles. The van der Waals surface area contributed by atoms with Gasteiger partial charge < -0.3 is 9.84 Å². The minimum absolute atomic E-state index is 0.0440. The zero-order valence-electron chi connectivity index (χ0n) is 6.74. The van der Waals surface area contributed by atoms with E-state index in [2.05, 4.69) is 9.97 Å². The first-order chi connectivity index (χ1) is 5.65. The molecule has 0 fully saturated rings. The predicted molar refractivity (Wildman–Crippen MR) is 40.3 cm³/mol. The maximum Gasteiger partial charge on any atom is 0.360 e. The highest BCUT2D eigenvalue weighted by atomic mass is 16.5. The van der Waals surface area contributed by atoms with Gasteiger partial charge in [0.05, 0.1) is 12.8 Å². The molecule has 0 saturated heterocycles. The van der Waals surface area contributed by atoms with Crippen molar-refractivity contribution in [2.45, 2.75) is 6.92 Å². The number of carbonyl (C=O) groups is 1. The second-order valence-electron chi connectivity index (χ2n) is 2.17. The van der Waals surface area contributed by atoms with E-state index in [1.807, 2.05) is 0 Å². The largest absolute Gasteiger partial charge is 0.479 e. The minimum Gasteiger partial charge on any atom is -0.479 e. The van der Waals surface area contributed by atoms with Gasteiger partial charge in [-0.3, -0.25) is 0 Å². The van der Waals surface area contributed by atoms with Gasteiger partial charge in [-0.2, -0.15) is 0 Å². The van der Waals surface area contributed by atoms with E-state index in [9.17, 15) is 4.79 Å². The molecule has 0 aliphatic carbocycles. The number of rotatable bonds is 2. The number of hydrogen-bond donors (Lipinski definition) is 1. The lowest BCUT2D eigenvalue weighted by molar-refractivity contribution is 0.0685. The minimum atomic E-state index is -1.14. The molecule has 0 atom stereocenters. The van der Waals surface area contributed by atoms with Gasteiger partial charge in [0.1, 0.15) is 0 Å². The third-order valence-electron chi connectivity index (χ3n) is 1.26. The van der Waals surface area contributed by atoms with Gasteiger partial charge in [-0.25, -0.2) is 14.8 Å². The summed E-state index contributed by atoms with van der Waals surface area (Å²) in [7, 11) is 1.36. The van der Waals surface area contributed by atoms with Crippen molar-refractivity contribution in [2.75, 3.05) is 7.11 Å². The third-order valence-corrected chi connectivity index (χ3v) is 1.26. The molecule has 5 nitrogen and oxygen atoms in total. The van der Waals surface area contributed by atoms with E-state index in [-0.39, 0.29) is 11.6 Å². The number of aromatic carboxylic acids is 1. The number of aryl methyl sites for hydroxylation is 1. The van der Waals surface area contributed by atoms with Gasteiger partial charge in [0.25, 0.3) is 0 Å². The quantitative estimate of drug-likeness (QED) is 0.695. The lowest BCUT2D eigenvalue weighted by Gasteiger charge is -2.02. The molecule has 1 aromatic heterocycles. The standard InChI is InChI=1S/C7H8N2O3/c1-4-3-8-5(7(10)11)6(9-4)12-2/h3H,1-2H3,(H,10,11). The van der Waals surface area contributed by atoms with Crippen LogP contribution in [0.2, 0.25) is 0 Å². The number of ether oxygens (including phenoxy) is 1. The molecule has 5 heteroatoms. The van der Waals surface area contributed by atoms with Crippen molar-refractivity contribution in [3.8, 4) is 5.88 Å². The van der Waals surface area contributed by atoms with Crippen LogP contribution in [0.25, 0.3) is 0 Å². The Hall–Kier alpha value is -1.65. The summed E-state index contributed by atoms with van der Waals surface area (Å²) in [4.78, 5) is 18.0. The second kappa shape index (κ2) is 3.17. The molecule has 1 rings (SSSR count). The zero-order chi connectivity index (χ0) is 9.14. The van der Waals surface area contributed by atoms with E-state index in [0.717, 1.165) is 0 Å². The third kappa shape index (κ3) is 1.50. The summed E-state index contributed by atoms with van der Waals surface area (Å²) in [5.74, 6) is -1.10. The molecule has 0 aliphatic rings. The fraction of sp³-hybridized carbons (Fsp3) is 0.286. The molecular weight excluding hydrogens is 160 g/mol. The van der Waals surface area contributed by atoms with E-state index in [1.165, 1.54) is 13.3 Å². The fourth-order valence-corrected chi connectivity index (χ4v) is 0.744. The van der Waals surface area contributed by atoms with Crippen LogP contribution in [0.15, 0.2) is 6.20 Å². The molecule has 1 heterocycles. The first-order valence-electron chi connectivity index (χ1n) is 3.26. The molecule has 0 aliphatic heterocycles. The van der Waals surface area contributed by atoms with Crippen LogP contribution in [0.5, 0.6) is 5.88 Å². The Morgan fingerprint density at radius 3 is 2.83 bits per heavy atom. The van der Waals surface area contributed by atoms with E-state index >= 15 is 0 Å². The van der Waals surface area contributed by atoms with Gasteiger partial charge in [0.2, 0.25) is 11.6 Å². The molecule has 1 N–H and O–H groups in total. The van der Waals surface area contributed by atoms with Crippen LogP contribution in [0.3, 0.4) is 0 Å². The Morgan fingerprint density at radius 2 is 2.33 bits per heavy atom. The zero-order valence-corrected chi connectivity index (χ0v) is 6.74. The topological polar surface area (TPSA) is 72.3 Å². The van der Waals surface area contributed by atoms with Crippen molar-refractivity contribution in [3.05, 3.63) is 17.6 Å². The first-order valence-corrected chi connectivity index (χ1v) is 3.26. The maximum absolute atomic E-state index is 10.5. The molecule has 64 valence electrons. The number of nitrogens with zero attached hydrogens (tertiary/aromatic N) is 2. The first kappa shape index (κ1) is 8.45. The number of carboxylic acids is 1. The summed E-state index contributed by atoms with van der Waals surface area (Å²) in [6.45, 7) is 1.71. The van der Waals surface area contributed by atoms with Crippen LogP contribution in [0.1, 0.15) is 16.2 Å². The van der Waals surface area contributed by atoms with Crippen LogP contribution in [0.4, 0.5) is 0 Å². The summed E-state index contributed by atoms with van der Waals surface area (Å²) < 4.78 is 4.73. The highest BCUT2D eigenvalue weighted by Gasteiger charge is 2.13. The Labute approximate surface area is 69.0 Å². The summed E-state index contributed by atoms with van der Waals surface area (Å²) in [6, 6.07) is 0. The van der Waals surface area contributed by atoms with Crippen molar-refractivity contribution >= 4 is 5.97 Å². The van der Waals surface area contributed by atoms with Crippen molar-refractivity contribution in [3.63, 3.8) is 0 Å². The lowest BCUT2D eigenvalue weighted by atomic mass is 10.4. The maximum atomic E-state index is 10.5. The van der Waals surface area contributed by atoms with Crippen LogP contribution in [-0.4, -0.2) is 28.2 Å². The average Bonchev–Trinajstić information content (AvgIpc) is 2.03. The van der Waals surface area contributed by atoms with Crippen LogP contribution in [0, 0.1) is 6.92 Å². The predicted octanol–water partition coefficient (Wildman–Crippen LogP) is 0.492. The Morgan fingerprint density at radius 1 is 1.67 bits per heavy atom. The lowest BCUT2D eigenvalue weighted by Crippen LogP contribution is -2.06. The molecule has 0 unspecified atom stereocenters. The Bertz CT molecular complexity index is 312. The number of hydrogen-bond acceptors (Lipinski definition) is 4. The fourth-order valence-electron chi connectivity index (χ4n) is 0.744. The van der Waals surface area contributed by atoms with Crippen molar-refractivity contribution in [1.29, 1.82) is 0 Å². The smallest absolute Gasteiger partial charge is 0.360 e. The molecular formula is C7H8N2O3. The molecule has 0 bridgehead atoms. The summed E-state index contributed by atoms with van der Waals surface area (Å²) in [6.07, 6.45) is 1.38. The second-order valence-corrected chi connectivity index (χ2v) is 2.17. The van der Waals surface area contributed by atoms with E-state index in [0.29, 0.717) is 5.69 Å². The van der Waals surface area contributed by atoms with Crippen LogP contribution in [-0.2, 0) is 0 Å². The number of aromatic nitrogens is 2. The van der Waals surface area contributed by atoms with E-state index in [4.69, 9.17) is 9.84 Å². The molecule has 1 aromatic rings. The van der Waals surface area contributed by atoms with Gasteiger partial charge in [-0.1, -0.05) is 0 Å². The molecule has 0 saturated carbocycles. The van der Waals surface area contributed by atoms with Crippen molar-refractivity contribution in [2.24, 2.45) is 0 Å². The Balaban J connectivity index is 3.20. The van der Waals surface area contributed by atoms with Crippen molar-refractivity contribution in [1.82, 2.24) is 9.97 Å². The number of carboxylic acid groups (broad SMARTS) is 1. The van der Waals surface area contributed by atoms with Crippen LogP contribution < -0.4 is 4.74 Å². The molecule has 12 heavy (non-hydrogen) atoms. The monoisotopic (exact) mass is 168 g/mol. The summed E-state index contributed by atoms with van der Waals surface area (Å²) in [5.41, 5.74) is 0.458. The van der Waals surface area contributed by atoms with Gasteiger partial charge in [-0.15, -0.1) is 0 Å². The SMILES string of the molecule is COc1nc(C)cnc1C(=O)O. The molecule has 0 radical (unpaired) electrons. The average molecular weight is 168 g/mol. The Kier molecular flexibility index (Phi) is 2.23. The van der Waals surface area contributed by atoms with E-state index in [1.54, 1.807) is 6.92 Å². The van der Waals surface area contributed by atoms with Crippen molar-refractivity contribution < 1.29 is 14.6 Å². The van der Waals surface area contributed by atoms with Gasteiger partial charge >= 0.3 is 5.97 Å². The molecule has 0 amide bonds. The summed E-state index contributed by atoms with van der Waals surface area (Å²) in [5, 5.41) is 8.61. The van der Waals surface area contributed by atoms with Gasteiger partial charge in [0.15, 0.2) is 0 Å².